The van der Waals surface area contributed by atoms with Crippen LogP contribution in [-0.4, -0.2) is 12.1 Å². The van der Waals surface area contributed by atoms with Gasteiger partial charge in [-0.3, -0.25) is 0 Å². The maximum absolute atomic E-state index is 3.75. The first-order valence-corrected chi connectivity index (χ1v) is 9.28. The van der Waals surface area contributed by atoms with Gasteiger partial charge in [0.1, 0.15) is 0 Å². The van der Waals surface area contributed by atoms with Gasteiger partial charge in [-0.2, -0.15) is 0 Å². The SMILES string of the molecule is Cc1ccccc1CNC1CCC(NCc2ccccc2C)CC1. The Morgan fingerprint density at radius 3 is 1.42 bits per heavy atom. The smallest absolute Gasteiger partial charge is 0.0210 e. The van der Waals surface area contributed by atoms with Gasteiger partial charge in [-0.05, 0) is 61.8 Å². The number of nitrogens with one attached hydrogen (secondary N) is 2. The van der Waals surface area contributed by atoms with Crippen LogP contribution in [0.2, 0.25) is 0 Å². The van der Waals surface area contributed by atoms with Crippen LogP contribution in [0.5, 0.6) is 0 Å². The molecule has 1 aliphatic carbocycles. The van der Waals surface area contributed by atoms with Crippen LogP contribution in [0.3, 0.4) is 0 Å². The molecule has 0 unspecified atom stereocenters. The first-order chi connectivity index (χ1) is 11.7. The summed E-state index contributed by atoms with van der Waals surface area (Å²) < 4.78 is 0. The molecule has 1 aliphatic rings. The molecule has 2 heteroatoms. The number of benzene rings is 2. The first-order valence-electron chi connectivity index (χ1n) is 9.28. The molecule has 1 saturated carbocycles. The van der Waals surface area contributed by atoms with E-state index in [4.69, 9.17) is 0 Å². The lowest BCUT2D eigenvalue weighted by Gasteiger charge is -2.30. The highest BCUT2D eigenvalue weighted by atomic mass is 14.9. The Morgan fingerprint density at radius 2 is 1.04 bits per heavy atom. The Labute approximate surface area is 146 Å². The van der Waals surface area contributed by atoms with Crippen molar-refractivity contribution in [3.63, 3.8) is 0 Å². The number of hydrogen-bond donors (Lipinski definition) is 2. The van der Waals surface area contributed by atoms with Gasteiger partial charge in [0.25, 0.3) is 0 Å². The molecule has 2 nitrogen and oxygen atoms in total. The third kappa shape index (κ3) is 4.68. The Hall–Kier alpha value is -1.64. The van der Waals surface area contributed by atoms with Gasteiger partial charge >= 0.3 is 0 Å². The van der Waals surface area contributed by atoms with Crippen LogP contribution in [0.4, 0.5) is 0 Å². The minimum atomic E-state index is 0.668. The highest BCUT2D eigenvalue weighted by Gasteiger charge is 2.20. The average molecular weight is 322 g/mol. The fourth-order valence-corrected chi connectivity index (χ4v) is 3.63. The van der Waals surface area contributed by atoms with Crippen LogP contribution >= 0.6 is 0 Å². The van der Waals surface area contributed by atoms with E-state index in [0.717, 1.165) is 13.1 Å². The second kappa shape index (κ2) is 8.46. The molecule has 2 N–H and O–H groups in total. The van der Waals surface area contributed by atoms with E-state index in [0.29, 0.717) is 12.1 Å². The molecule has 0 aliphatic heterocycles. The van der Waals surface area contributed by atoms with Crippen molar-refractivity contribution in [2.24, 2.45) is 0 Å². The van der Waals surface area contributed by atoms with Crippen molar-refractivity contribution >= 4 is 0 Å². The number of rotatable bonds is 6. The first kappa shape index (κ1) is 17.2. The Kier molecular flexibility index (Phi) is 6.06. The summed E-state index contributed by atoms with van der Waals surface area (Å²) in [6.07, 6.45) is 5.10. The second-order valence-electron chi connectivity index (χ2n) is 7.16. The fourth-order valence-electron chi connectivity index (χ4n) is 3.63. The molecular formula is C22H30N2. The van der Waals surface area contributed by atoms with Crippen molar-refractivity contribution in [1.82, 2.24) is 10.6 Å². The van der Waals surface area contributed by atoms with Crippen molar-refractivity contribution < 1.29 is 0 Å². The standard InChI is InChI=1S/C22H30N2/c1-17-7-3-5-9-19(17)15-23-21-11-13-22(14-12-21)24-16-20-10-6-4-8-18(20)2/h3-10,21-24H,11-16H2,1-2H3. The topological polar surface area (TPSA) is 24.1 Å². The number of aryl methyl sites for hydroxylation is 2. The molecule has 0 aromatic heterocycles. The van der Waals surface area contributed by atoms with Crippen molar-refractivity contribution in [2.45, 2.75) is 64.7 Å². The number of hydrogen-bond acceptors (Lipinski definition) is 2. The zero-order chi connectivity index (χ0) is 16.8. The molecule has 3 rings (SSSR count). The van der Waals surface area contributed by atoms with E-state index >= 15 is 0 Å². The van der Waals surface area contributed by atoms with Crippen molar-refractivity contribution in [3.8, 4) is 0 Å². The highest BCUT2D eigenvalue weighted by molar-refractivity contribution is 5.26. The van der Waals surface area contributed by atoms with Gasteiger partial charge in [0, 0.05) is 25.2 Å². The normalized spacial score (nSPS) is 20.9. The van der Waals surface area contributed by atoms with E-state index in [2.05, 4.69) is 73.0 Å². The summed E-state index contributed by atoms with van der Waals surface area (Å²) in [4.78, 5) is 0. The average Bonchev–Trinajstić information content (AvgIpc) is 2.61. The van der Waals surface area contributed by atoms with Crippen LogP contribution in [0, 0.1) is 13.8 Å². The second-order valence-corrected chi connectivity index (χ2v) is 7.16. The minimum absolute atomic E-state index is 0.668. The summed E-state index contributed by atoms with van der Waals surface area (Å²) in [6, 6.07) is 18.7. The summed E-state index contributed by atoms with van der Waals surface area (Å²) in [5.74, 6) is 0. The summed E-state index contributed by atoms with van der Waals surface area (Å²) in [6.45, 7) is 6.39. The van der Waals surface area contributed by atoms with E-state index in [-0.39, 0.29) is 0 Å². The molecule has 0 bridgehead atoms. The molecular weight excluding hydrogens is 292 g/mol. The molecule has 0 radical (unpaired) electrons. The van der Waals surface area contributed by atoms with Crippen molar-refractivity contribution in [2.75, 3.05) is 0 Å². The molecule has 0 saturated heterocycles. The summed E-state index contributed by atoms with van der Waals surface area (Å²) in [5, 5.41) is 7.51. The van der Waals surface area contributed by atoms with Gasteiger partial charge in [-0.1, -0.05) is 48.5 Å². The zero-order valence-electron chi connectivity index (χ0n) is 15.0. The molecule has 24 heavy (non-hydrogen) atoms. The maximum atomic E-state index is 3.75. The van der Waals surface area contributed by atoms with Gasteiger partial charge in [0.2, 0.25) is 0 Å². The van der Waals surface area contributed by atoms with Gasteiger partial charge in [-0.15, -0.1) is 0 Å². The van der Waals surface area contributed by atoms with Crippen molar-refractivity contribution in [3.05, 3.63) is 70.8 Å². The molecule has 128 valence electrons. The zero-order valence-corrected chi connectivity index (χ0v) is 15.0. The van der Waals surface area contributed by atoms with Crippen molar-refractivity contribution in [1.29, 1.82) is 0 Å². The molecule has 0 atom stereocenters. The predicted molar refractivity (Wildman–Crippen MR) is 102 cm³/mol. The third-order valence-corrected chi connectivity index (χ3v) is 5.41. The quantitative estimate of drug-likeness (QED) is 0.818. The minimum Gasteiger partial charge on any atom is -0.310 e. The lowest BCUT2D eigenvalue weighted by Crippen LogP contribution is -2.39. The van der Waals surface area contributed by atoms with Crippen LogP contribution < -0.4 is 10.6 Å². The van der Waals surface area contributed by atoms with E-state index in [1.165, 1.54) is 47.9 Å². The lowest BCUT2D eigenvalue weighted by molar-refractivity contribution is 0.305. The summed E-state index contributed by atoms with van der Waals surface area (Å²) in [5.41, 5.74) is 5.63. The molecule has 0 heterocycles. The summed E-state index contributed by atoms with van der Waals surface area (Å²) >= 11 is 0. The molecule has 2 aromatic rings. The summed E-state index contributed by atoms with van der Waals surface area (Å²) in [7, 11) is 0. The monoisotopic (exact) mass is 322 g/mol. The largest absolute Gasteiger partial charge is 0.310 e. The van der Waals surface area contributed by atoms with Crippen LogP contribution in [-0.2, 0) is 13.1 Å². The van der Waals surface area contributed by atoms with Gasteiger partial charge in [0.05, 0.1) is 0 Å². The fraction of sp³-hybridized carbons (Fsp3) is 0.455. The predicted octanol–water partition coefficient (Wildman–Crippen LogP) is 4.49. The van der Waals surface area contributed by atoms with Crippen LogP contribution in [0.15, 0.2) is 48.5 Å². The van der Waals surface area contributed by atoms with Crippen LogP contribution in [0.1, 0.15) is 47.9 Å². The Balaban J connectivity index is 1.40. The Morgan fingerprint density at radius 1 is 0.667 bits per heavy atom. The van der Waals surface area contributed by atoms with Crippen LogP contribution in [0.25, 0.3) is 0 Å². The van der Waals surface area contributed by atoms with Gasteiger partial charge in [-0.25, -0.2) is 0 Å². The molecule has 0 spiro atoms. The molecule has 1 fully saturated rings. The van der Waals surface area contributed by atoms with E-state index in [9.17, 15) is 0 Å². The maximum Gasteiger partial charge on any atom is 0.0210 e. The molecule has 0 amide bonds. The Bertz CT molecular complexity index is 584. The van der Waals surface area contributed by atoms with Gasteiger partial charge in [0.15, 0.2) is 0 Å². The van der Waals surface area contributed by atoms with Gasteiger partial charge < -0.3 is 10.6 Å². The van der Waals surface area contributed by atoms with E-state index in [1.54, 1.807) is 0 Å². The molecule has 2 aromatic carbocycles. The third-order valence-electron chi connectivity index (χ3n) is 5.41. The lowest BCUT2D eigenvalue weighted by atomic mass is 9.90. The highest BCUT2D eigenvalue weighted by Crippen LogP contribution is 2.20. The van der Waals surface area contributed by atoms with E-state index < -0.39 is 0 Å². The van der Waals surface area contributed by atoms with E-state index in [1.807, 2.05) is 0 Å².